The number of nitro groups is 1. The molecule has 9 heavy (non-hydrogen) atoms. The maximum atomic E-state index is 10.3. The summed E-state index contributed by atoms with van der Waals surface area (Å²) in [6.07, 6.45) is 0.0347. The number of hydrogen-bond acceptors (Lipinski definition) is 3. The Hall–Kier alpha value is -0.930. The molecular weight excluding hydrogens is 122 g/mol. The van der Waals surface area contributed by atoms with E-state index in [4.69, 9.17) is 0 Å². The van der Waals surface area contributed by atoms with Gasteiger partial charge in [-0.05, 0) is 6.92 Å². The zero-order chi connectivity index (χ0) is 7.44. The van der Waals surface area contributed by atoms with Crippen LogP contribution in [0, 0.1) is 10.1 Å². The summed E-state index contributed by atoms with van der Waals surface area (Å²) in [5.41, 5.74) is 0. The first-order chi connectivity index (χ1) is 4.04. The van der Waals surface area contributed by atoms with Gasteiger partial charge in [-0.1, -0.05) is 0 Å². The number of rotatable bonds is 3. The fourth-order valence-electron chi connectivity index (χ4n) is 0.491. The average Bonchev–Trinajstić information content (AvgIpc) is 1.63. The monoisotopic (exact) mass is 131 g/mol. The van der Waals surface area contributed by atoms with Gasteiger partial charge >= 0.3 is 0 Å². The third kappa shape index (κ3) is 3.64. The lowest BCUT2D eigenvalue weighted by atomic mass is 10.2. The Bertz CT molecular complexity index is 132. The lowest BCUT2D eigenvalue weighted by Crippen LogP contribution is -2.17. The van der Waals surface area contributed by atoms with Crippen LogP contribution >= 0.6 is 0 Å². The molecule has 0 aliphatic rings. The molecular formula is C5H9NO3. The van der Waals surface area contributed by atoms with E-state index < -0.39 is 11.0 Å². The van der Waals surface area contributed by atoms with Crippen molar-refractivity contribution in [1.29, 1.82) is 0 Å². The number of carbonyl (C=O) groups excluding carboxylic acids is 1. The molecule has 0 saturated carbocycles. The molecule has 0 aromatic heterocycles. The van der Waals surface area contributed by atoms with Gasteiger partial charge in [0.1, 0.15) is 5.78 Å². The fraction of sp³-hybridized carbons (Fsp3) is 0.800. The lowest BCUT2D eigenvalue weighted by Gasteiger charge is -1.97. The van der Waals surface area contributed by atoms with E-state index in [1.807, 2.05) is 0 Å². The molecule has 0 radical (unpaired) electrons. The average molecular weight is 131 g/mol. The summed E-state index contributed by atoms with van der Waals surface area (Å²) in [4.78, 5) is 19.7. The van der Waals surface area contributed by atoms with Crippen molar-refractivity contribution in [3.05, 3.63) is 10.1 Å². The molecule has 4 nitrogen and oxygen atoms in total. The van der Waals surface area contributed by atoms with Crippen LogP contribution in [0.1, 0.15) is 20.3 Å². The second kappa shape index (κ2) is 3.17. The van der Waals surface area contributed by atoms with Gasteiger partial charge in [0.05, 0.1) is 6.42 Å². The summed E-state index contributed by atoms with van der Waals surface area (Å²) in [6, 6.07) is -0.734. The van der Waals surface area contributed by atoms with Crippen LogP contribution in [0.3, 0.4) is 0 Å². The molecule has 0 saturated heterocycles. The highest BCUT2D eigenvalue weighted by Crippen LogP contribution is 1.94. The third-order valence-electron chi connectivity index (χ3n) is 0.943. The van der Waals surface area contributed by atoms with Crippen molar-refractivity contribution in [1.82, 2.24) is 0 Å². The van der Waals surface area contributed by atoms with E-state index in [0.717, 1.165) is 0 Å². The maximum absolute atomic E-state index is 10.3. The van der Waals surface area contributed by atoms with E-state index in [0.29, 0.717) is 0 Å². The third-order valence-corrected chi connectivity index (χ3v) is 0.943. The molecule has 0 spiro atoms. The SMILES string of the molecule is CC(=O)C[C@@H](C)[N+](=O)[O-]. The second-order valence-corrected chi connectivity index (χ2v) is 2.04. The van der Waals surface area contributed by atoms with Crippen molar-refractivity contribution in [2.75, 3.05) is 0 Å². The largest absolute Gasteiger partial charge is 0.300 e. The second-order valence-electron chi connectivity index (χ2n) is 2.04. The molecule has 0 heterocycles. The van der Waals surface area contributed by atoms with E-state index in [1.165, 1.54) is 13.8 Å². The zero-order valence-electron chi connectivity index (χ0n) is 5.46. The molecule has 0 fully saturated rings. The van der Waals surface area contributed by atoms with Crippen molar-refractivity contribution in [2.45, 2.75) is 26.3 Å². The summed E-state index contributed by atoms with van der Waals surface area (Å²) >= 11 is 0. The van der Waals surface area contributed by atoms with Gasteiger partial charge in [0.25, 0.3) is 0 Å². The van der Waals surface area contributed by atoms with Gasteiger partial charge in [0.2, 0.25) is 6.04 Å². The number of carbonyl (C=O) groups is 1. The molecule has 0 aromatic carbocycles. The minimum atomic E-state index is -0.734. The van der Waals surface area contributed by atoms with Crippen LogP contribution in [0.5, 0.6) is 0 Å². The Morgan fingerprint density at radius 2 is 2.22 bits per heavy atom. The first kappa shape index (κ1) is 8.07. The molecule has 0 aromatic rings. The van der Waals surface area contributed by atoms with Gasteiger partial charge in [-0.25, -0.2) is 0 Å². The van der Waals surface area contributed by atoms with Gasteiger partial charge in [0.15, 0.2) is 0 Å². The van der Waals surface area contributed by atoms with E-state index in [9.17, 15) is 14.9 Å². The van der Waals surface area contributed by atoms with Crippen molar-refractivity contribution < 1.29 is 9.72 Å². The van der Waals surface area contributed by atoms with E-state index in [1.54, 1.807) is 0 Å². The van der Waals surface area contributed by atoms with Crippen LogP contribution in [0.15, 0.2) is 0 Å². The first-order valence-corrected chi connectivity index (χ1v) is 2.67. The smallest absolute Gasteiger partial charge is 0.217 e. The predicted molar refractivity (Wildman–Crippen MR) is 31.8 cm³/mol. The Morgan fingerprint density at radius 3 is 2.33 bits per heavy atom. The molecule has 0 aliphatic heterocycles. The molecule has 4 heteroatoms. The summed E-state index contributed by atoms with van der Waals surface area (Å²) in [7, 11) is 0. The standard InChI is InChI=1S/C5H9NO3/c1-4(6(8)9)3-5(2)7/h4H,3H2,1-2H3/t4-/m1/s1. The van der Waals surface area contributed by atoms with Gasteiger partial charge in [-0.3, -0.25) is 14.9 Å². The van der Waals surface area contributed by atoms with Crippen LogP contribution < -0.4 is 0 Å². The Balaban J connectivity index is 3.63. The molecule has 0 amide bonds. The minimum absolute atomic E-state index is 0.0347. The van der Waals surface area contributed by atoms with E-state index >= 15 is 0 Å². The number of nitrogens with zero attached hydrogens (tertiary/aromatic N) is 1. The molecule has 1 atom stereocenters. The number of hydrogen-bond donors (Lipinski definition) is 0. The van der Waals surface area contributed by atoms with Crippen molar-refractivity contribution >= 4 is 5.78 Å². The van der Waals surface area contributed by atoms with Gasteiger partial charge in [0, 0.05) is 11.8 Å². The zero-order valence-corrected chi connectivity index (χ0v) is 5.46. The topological polar surface area (TPSA) is 60.2 Å². The van der Waals surface area contributed by atoms with E-state index in [2.05, 4.69) is 0 Å². The Morgan fingerprint density at radius 1 is 1.78 bits per heavy atom. The highest BCUT2D eigenvalue weighted by molar-refractivity contribution is 5.75. The predicted octanol–water partition coefficient (Wildman–Crippen LogP) is 0.631. The highest BCUT2D eigenvalue weighted by Gasteiger charge is 2.13. The summed E-state index contributed by atoms with van der Waals surface area (Å²) in [5.74, 6) is -0.140. The van der Waals surface area contributed by atoms with Gasteiger partial charge < -0.3 is 0 Å². The minimum Gasteiger partial charge on any atom is -0.300 e. The van der Waals surface area contributed by atoms with Crippen LogP contribution in [0.4, 0.5) is 0 Å². The molecule has 0 aliphatic carbocycles. The Kier molecular flexibility index (Phi) is 2.84. The van der Waals surface area contributed by atoms with Crippen molar-refractivity contribution in [3.63, 3.8) is 0 Å². The summed E-state index contributed by atoms with van der Waals surface area (Å²) in [6.45, 7) is 2.77. The van der Waals surface area contributed by atoms with Crippen LogP contribution in [-0.2, 0) is 4.79 Å². The molecule has 0 N–H and O–H groups in total. The van der Waals surface area contributed by atoms with Crippen LogP contribution in [0.2, 0.25) is 0 Å². The quantitative estimate of drug-likeness (QED) is 0.417. The lowest BCUT2D eigenvalue weighted by molar-refractivity contribution is -0.516. The van der Waals surface area contributed by atoms with Gasteiger partial charge in [-0.2, -0.15) is 0 Å². The first-order valence-electron chi connectivity index (χ1n) is 2.67. The molecule has 52 valence electrons. The fourth-order valence-corrected chi connectivity index (χ4v) is 0.491. The maximum Gasteiger partial charge on any atom is 0.217 e. The van der Waals surface area contributed by atoms with Gasteiger partial charge in [-0.15, -0.1) is 0 Å². The number of Topliss-reactive ketones (excluding diaryl/α,β-unsaturated/α-hetero) is 1. The van der Waals surface area contributed by atoms with E-state index in [-0.39, 0.29) is 12.2 Å². The molecule has 0 unspecified atom stereocenters. The molecule has 0 bridgehead atoms. The van der Waals surface area contributed by atoms with Crippen molar-refractivity contribution in [2.24, 2.45) is 0 Å². The Labute approximate surface area is 53.0 Å². The normalized spacial score (nSPS) is 12.7. The van der Waals surface area contributed by atoms with Crippen LogP contribution in [-0.4, -0.2) is 16.7 Å². The van der Waals surface area contributed by atoms with Crippen LogP contribution in [0.25, 0.3) is 0 Å². The summed E-state index contributed by atoms with van der Waals surface area (Å²) in [5, 5.41) is 9.89. The number of ketones is 1. The molecule has 0 rings (SSSR count). The van der Waals surface area contributed by atoms with Crippen molar-refractivity contribution in [3.8, 4) is 0 Å². The summed E-state index contributed by atoms with van der Waals surface area (Å²) < 4.78 is 0. The highest BCUT2D eigenvalue weighted by atomic mass is 16.6.